The summed E-state index contributed by atoms with van der Waals surface area (Å²) in [5.41, 5.74) is 6.84. The predicted octanol–water partition coefficient (Wildman–Crippen LogP) is 1.27. The van der Waals surface area contributed by atoms with E-state index in [0.29, 0.717) is 18.3 Å². The smallest absolute Gasteiger partial charge is 0.241 e. The van der Waals surface area contributed by atoms with E-state index >= 15 is 0 Å². The van der Waals surface area contributed by atoms with Crippen molar-refractivity contribution >= 4 is 0 Å². The molecule has 1 aromatic carbocycles. The Kier molecular flexibility index (Phi) is 3.08. The fourth-order valence-corrected chi connectivity index (χ4v) is 2.22. The molecule has 3 rings (SSSR count). The van der Waals surface area contributed by atoms with Gasteiger partial charge in [-0.2, -0.15) is 4.98 Å². The zero-order chi connectivity index (χ0) is 12.4. The monoisotopic (exact) mass is 244 g/mol. The van der Waals surface area contributed by atoms with Crippen LogP contribution in [0.15, 0.2) is 34.9 Å². The van der Waals surface area contributed by atoms with Crippen LogP contribution in [0.1, 0.15) is 12.3 Å². The Morgan fingerprint density at radius 2 is 2.17 bits per heavy atom. The fraction of sp³-hybridized carbons (Fsp3) is 0.385. The van der Waals surface area contributed by atoms with E-state index < -0.39 is 0 Å². The maximum atomic E-state index is 5.87. The van der Waals surface area contributed by atoms with Crippen LogP contribution >= 0.6 is 0 Å². The first-order chi connectivity index (χ1) is 8.81. The van der Waals surface area contributed by atoms with E-state index in [2.05, 4.69) is 15.0 Å². The first-order valence-corrected chi connectivity index (χ1v) is 6.17. The lowest BCUT2D eigenvalue weighted by atomic mass is 10.2. The molecule has 0 bridgehead atoms. The van der Waals surface area contributed by atoms with Gasteiger partial charge >= 0.3 is 0 Å². The molecule has 1 aliphatic rings. The van der Waals surface area contributed by atoms with Gasteiger partial charge in [0.2, 0.25) is 11.7 Å². The van der Waals surface area contributed by atoms with Crippen LogP contribution in [0.2, 0.25) is 0 Å². The first-order valence-electron chi connectivity index (χ1n) is 6.17. The average molecular weight is 244 g/mol. The van der Waals surface area contributed by atoms with Crippen LogP contribution in [0.5, 0.6) is 0 Å². The number of likely N-dealkylation sites (tertiary alicyclic amines) is 1. The molecule has 0 unspecified atom stereocenters. The molecule has 0 amide bonds. The van der Waals surface area contributed by atoms with Crippen molar-refractivity contribution in [3.63, 3.8) is 0 Å². The molecule has 5 nitrogen and oxygen atoms in total. The van der Waals surface area contributed by atoms with Crippen molar-refractivity contribution in [2.24, 2.45) is 5.73 Å². The third kappa shape index (κ3) is 2.42. The topological polar surface area (TPSA) is 68.2 Å². The van der Waals surface area contributed by atoms with E-state index in [9.17, 15) is 0 Å². The zero-order valence-electron chi connectivity index (χ0n) is 10.1. The van der Waals surface area contributed by atoms with Crippen LogP contribution in [0.4, 0.5) is 0 Å². The van der Waals surface area contributed by atoms with E-state index in [1.54, 1.807) is 0 Å². The second kappa shape index (κ2) is 4.88. The van der Waals surface area contributed by atoms with Crippen molar-refractivity contribution in [2.45, 2.75) is 19.0 Å². The highest BCUT2D eigenvalue weighted by atomic mass is 16.5. The molecule has 94 valence electrons. The van der Waals surface area contributed by atoms with E-state index in [1.807, 2.05) is 30.3 Å². The minimum atomic E-state index is 0.279. The molecule has 1 fully saturated rings. The molecule has 2 N–H and O–H groups in total. The predicted molar refractivity (Wildman–Crippen MR) is 67.6 cm³/mol. The molecule has 1 saturated heterocycles. The molecule has 2 heterocycles. The van der Waals surface area contributed by atoms with Crippen molar-refractivity contribution in [1.29, 1.82) is 0 Å². The highest BCUT2D eigenvalue weighted by molar-refractivity contribution is 5.53. The summed E-state index contributed by atoms with van der Waals surface area (Å²) < 4.78 is 5.27. The largest absolute Gasteiger partial charge is 0.338 e. The normalized spacial score (nSPS) is 20.4. The van der Waals surface area contributed by atoms with Gasteiger partial charge in [-0.1, -0.05) is 35.5 Å². The molecule has 0 spiro atoms. The summed E-state index contributed by atoms with van der Waals surface area (Å²) in [6.45, 7) is 2.60. The summed E-state index contributed by atoms with van der Waals surface area (Å²) >= 11 is 0. The Morgan fingerprint density at radius 3 is 2.89 bits per heavy atom. The van der Waals surface area contributed by atoms with E-state index in [0.717, 1.165) is 25.1 Å². The van der Waals surface area contributed by atoms with Gasteiger partial charge in [0.1, 0.15) is 0 Å². The number of aromatic nitrogens is 2. The molecular weight excluding hydrogens is 228 g/mol. The summed E-state index contributed by atoms with van der Waals surface area (Å²) in [6.07, 6.45) is 1.04. The lowest BCUT2D eigenvalue weighted by Gasteiger charge is -2.10. The van der Waals surface area contributed by atoms with Crippen LogP contribution in [-0.4, -0.2) is 34.2 Å². The van der Waals surface area contributed by atoms with Crippen LogP contribution in [0.3, 0.4) is 0 Å². The number of benzene rings is 1. The van der Waals surface area contributed by atoms with Crippen LogP contribution in [0.25, 0.3) is 11.4 Å². The number of rotatable bonds is 3. The molecule has 1 aromatic heterocycles. The number of hydrogen-bond donors (Lipinski definition) is 1. The van der Waals surface area contributed by atoms with Gasteiger partial charge in [-0.3, -0.25) is 4.90 Å². The number of hydrogen-bond acceptors (Lipinski definition) is 5. The second-order valence-electron chi connectivity index (χ2n) is 4.66. The second-order valence-corrected chi connectivity index (χ2v) is 4.66. The van der Waals surface area contributed by atoms with Gasteiger partial charge in [0.25, 0.3) is 0 Å². The molecule has 1 aliphatic heterocycles. The van der Waals surface area contributed by atoms with E-state index in [-0.39, 0.29) is 6.04 Å². The Bertz CT molecular complexity index is 511. The lowest BCUT2D eigenvalue weighted by Crippen LogP contribution is -2.26. The van der Waals surface area contributed by atoms with E-state index in [1.165, 1.54) is 0 Å². The summed E-state index contributed by atoms with van der Waals surface area (Å²) in [4.78, 5) is 6.65. The van der Waals surface area contributed by atoms with Gasteiger partial charge in [-0.25, -0.2) is 0 Å². The van der Waals surface area contributed by atoms with E-state index in [4.69, 9.17) is 10.3 Å². The Morgan fingerprint density at radius 1 is 1.33 bits per heavy atom. The van der Waals surface area contributed by atoms with Crippen molar-refractivity contribution in [1.82, 2.24) is 15.0 Å². The van der Waals surface area contributed by atoms with Gasteiger partial charge in [0.15, 0.2) is 0 Å². The molecule has 5 heteroatoms. The Balaban J connectivity index is 1.70. The van der Waals surface area contributed by atoms with Crippen LogP contribution < -0.4 is 5.73 Å². The maximum absolute atomic E-state index is 5.87. The fourth-order valence-electron chi connectivity index (χ4n) is 2.22. The lowest BCUT2D eigenvalue weighted by molar-refractivity contribution is 0.265. The standard InChI is InChI=1S/C13H16N4O/c14-11-6-7-17(8-11)9-12-15-13(16-18-12)10-4-2-1-3-5-10/h1-5,11H,6-9,14H2/t11-/m0/s1. The third-order valence-corrected chi connectivity index (χ3v) is 3.17. The molecule has 1 atom stereocenters. The highest BCUT2D eigenvalue weighted by Crippen LogP contribution is 2.16. The summed E-state index contributed by atoms with van der Waals surface area (Å²) in [5.74, 6) is 1.30. The SMILES string of the molecule is N[C@H]1CCN(Cc2nc(-c3ccccc3)no2)C1. The maximum Gasteiger partial charge on any atom is 0.241 e. The minimum Gasteiger partial charge on any atom is -0.338 e. The van der Waals surface area contributed by atoms with Crippen molar-refractivity contribution < 1.29 is 4.52 Å². The number of nitrogens with zero attached hydrogens (tertiary/aromatic N) is 3. The van der Waals surface area contributed by atoms with Crippen molar-refractivity contribution in [3.05, 3.63) is 36.2 Å². The molecule has 18 heavy (non-hydrogen) atoms. The number of nitrogens with two attached hydrogens (primary N) is 1. The highest BCUT2D eigenvalue weighted by Gasteiger charge is 2.21. The zero-order valence-corrected chi connectivity index (χ0v) is 10.1. The van der Waals surface area contributed by atoms with Gasteiger partial charge < -0.3 is 10.3 Å². The summed E-state index contributed by atoms with van der Waals surface area (Å²) in [5, 5.41) is 4.00. The molecular formula is C13H16N4O. The van der Waals surface area contributed by atoms with Gasteiger partial charge in [-0.05, 0) is 6.42 Å². The minimum absolute atomic E-state index is 0.279. The average Bonchev–Trinajstić information content (AvgIpc) is 3.01. The molecule has 0 radical (unpaired) electrons. The van der Waals surface area contributed by atoms with Gasteiger partial charge in [-0.15, -0.1) is 0 Å². The molecule has 0 saturated carbocycles. The first kappa shape index (κ1) is 11.4. The van der Waals surface area contributed by atoms with Crippen molar-refractivity contribution in [2.75, 3.05) is 13.1 Å². The molecule has 2 aromatic rings. The molecule has 0 aliphatic carbocycles. The Hall–Kier alpha value is -1.72. The van der Waals surface area contributed by atoms with Gasteiger partial charge in [0.05, 0.1) is 6.54 Å². The van der Waals surface area contributed by atoms with Gasteiger partial charge in [0, 0.05) is 24.7 Å². The Labute approximate surface area is 106 Å². The van der Waals surface area contributed by atoms with Crippen LogP contribution in [-0.2, 0) is 6.54 Å². The van der Waals surface area contributed by atoms with Crippen molar-refractivity contribution in [3.8, 4) is 11.4 Å². The third-order valence-electron chi connectivity index (χ3n) is 3.17. The summed E-state index contributed by atoms with van der Waals surface area (Å²) in [6, 6.07) is 10.1. The summed E-state index contributed by atoms with van der Waals surface area (Å²) in [7, 11) is 0. The quantitative estimate of drug-likeness (QED) is 0.880. The van der Waals surface area contributed by atoms with Crippen LogP contribution in [0, 0.1) is 0 Å².